The van der Waals surface area contributed by atoms with Crippen LogP contribution in [0.4, 0.5) is 0 Å². The van der Waals surface area contributed by atoms with E-state index in [0.29, 0.717) is 5.75 Å². The minimum atomic E-state index is -0.409. The Hall–Kier alpha value is -1.71. The molecule has 2 unspecified atom stereocenters. The van der Waals surface area contributed by atoms with Crippen LogP contribution in [-0.2, 0) is 4.79 Å². The van der Waals surface area contributed by atoms with Crippen LogP contribution in [0, 0.1) is 5.41 Å². The van der Waals surface area contributed by atoms with Crippen molar-refractivity contribution in [3.63, 3.8) is 0 Å². The molecule has 1 saturated heterocycles. The molecule has 1 heterocycles. The lowest BCUT2D eigenvalue weighted by Gasteiger charge is -2.38. The number of carbonyl (C=O) groups is 1. The quantitative estimate of drug-likeness (QED) is 0.738. The maximum atomic E-state index is 12.1. The number of methoxy groups -OCH3 is 1. The summed E-state index contributed by atoms with van der Waals surface area (Å²) in [5, 5.41) is 3.02. The van der Waals surface area contributed by atoms with Gasteiger partial charge in [-0.2, -0.15) is 0 Å². The van der Waals surface area contributed by atoms with Gasteiger partial charge in [0.25, 0.3) is 5.91 Å². The minimum Gasteiger partial charge on any atom is -0.497 e. The van der Waals surface area contributed by atoms with Gasteiger partial charge in [0, 0.05) is 13.0 Å². The van der Waals surface area contributed by atoms with Crippen molar-refractivity contribution < 1.29 is 14.3 Å². The summed E-state index contributed by atoms with van der Waals surface area (Å²) in [5.41, 5.74) is 0.124. The second kappa shape index (κ2) is 8.23. The molecule has 4 nitrogen and oxygen atoms in total. The molecule has 0 aromatic heterocycles. The average molecular weight is 319 g/mol. The Labute approximate surface area is 139 Å². The van der Waals surface area contributed by atoms with Crippen molar-refractivity contribution in [1.29, 1.82) is 0 Å². The summed E-state index contributed by atoms with van der Waals surface area (Å²) in [6, 6.07) is 7.39. The molecular weight excluding hydrogens is 290 g/mol. The average Bonchev–Trinajstić information content (AvgIpc) is 2.56. The molecular formula is C19H29NO3. The third-order valence-corrected chi connectivity index (χ3v) is 4.63. The van der Waals surface area contributed by atoms with Crippen molar-refractivity contribution in [3.05, 3.63) is 24.3 Å². The molecule has 2 rings (SSSR count). The van der Waals surface area contributed by atoms with Crippen LogP contribution < -0.4 is 14.8 Å². The second-order valence-electron chi connectivity index (χ2n) is 6.83. The van der Waals surface area contributed by atoms with E-state index in [4.69, 9.17) is 9.47 Å². The molecule has 23 heavy (non-hydrogen) atoms. The van der Waals surface area contributed by atoms with Gasteiger partial charge in [-0.3, -0.25) is 4.79 Å². The van der Waals surface area contributed by atoms with Gasteiger partial charge in [-0.1, -0.05) is 39.5 Å². The van der Waals surface area contributed by atoms with E-state index in [1.165, 1.54) is 25.7 Å². The molecule has 0 spiro atoms. The van der Waals surface area contributed by atoms with Crippen LogP contribution in [0.5, 0.6) is 11.5 Å². The maximum absolute atomic E-state index is 12.1. The van der Waals surface area contributed by atoms with Gasteiger partial charge >= 0.3 is 0 Å². The fourth-order valence-corrected chi connectivity index (χ4v) is 3.11. The van der Waals surface area contributed by atoms with Gasteiger partial charge in [0.1, 0.15) is 11.5 Å². The van der Waals surface area contributed by atoms with Gasteiger partial charge in [0.2, 0.25) is 0 Å². The lowest BCUT2D eigenvalue weighted by molar-refractivity contribution is -0.133. The highest BCUT2D eigenvalue weighted by Crippen LogP contribution is 2.34. The Morgan fingerprint density at radius 1 is 1.17 bits per heavy atom. The molecule has 4 heteroatoms. The molecule has 0 bridgehead atoms. The van der Waals surface area contributed by atoms with Gasteiger partial charge in [-0.05, 0) is 36.1 Å². The van der Waals surface area contributed by atoms with E-state index in [2.05, 4.69) is 19.2 Å². The van der Waals surface area contributed by atoms with Crippen LogP contribution in [0.25, 0.3) is 0 Å². The van der Waals surface area contributed by atoms with Crippen LogP contribution in [0.15, 0.2) is 24.3 Å². The summed E-state index contributed by atoms with van der Waals surface area (Å²) in [6.45, 7) is 5.23. The van der Waals surface area contributed by atoms with E-state index >= 15 is 0 Å². The number of ether oxygens (including phenoxy) is 2. The molecule has 1 aliphatic rings. The summed E-state index contributed by atoms with van der Waals surface area (Å²) in [5.74, 6) is 1.49. The number of carbonyl (C=O) groups excluding carboxylic acids is 1. The number of benzene rings is 1. The third-order valence-electron chi connectivity index (χ3n) is 4.63. The summed E-state index contributed by atoms with van der Waals surface area (Å²) in [7, 11) is 1.63. The zero-order valence-electron chi connectivity index (χ0n) is 14.6. The van der Waals surface area contributed by atoms with Gasteiger partial charge in [-0.25, -0.2) is 0 Å². The Balaban J connectivity index is 1.92. The molecule has 0 saturated carbocycles. The molecule has 0 radical (unpaired) electrons. The van der Waals surface area contributed by atoms with E-state index < -0.39 is 6.10 Å². The summed E-state index contributed by atoms with van der Waals surface area (Å²) in [4.78, 5) is 12.1. The first-order valence-electron chi connectivity index (χ1n) is 8.65. The third kappa shape index (κ3) is 5.15. The Bertz CT molecular complexity index is 500. The van der Waals surface area contributed by atoms with Crippen LogP contribution in [0.3, 0.4) is 0 Å². The summed E-state index contributed by atoms with van der Waals surface area (Å²) in [6.07, 6.45) is 6.52. The van der Waals surface area contributed by atoms with Crippen LogP contribution in [-0.4, -0.2) is 25.7 Å². The van der Waals surface area contributed by atoms with E-state index in [0.717, 1.165) is 25.1 Å². The van der Waals surface area contributed by atoms with Crippen LogP contribution >= 0.6 is 0 Å². The molecule has 1 N–H and O–H groups in total. The number of hydrogen-bond acceptors (Lipinski definition) is 3. The van der Waals surface area contributed by atoms with E-state index in [1.807, 2.05) is 24.3 Å². The largest absolute Gasteiger partial charge is 0.497 e. The Morgan fingerprint density at radius 2 is 1.87 bits per heavy atom. The number of unbranched alkanes of at least 4 members (excludes halogenated alkanes) is 3. The highest BCUT2D eigenvalue weighted by Gasteiger charge is 2.37. The Morgan fingerprint density at radius 3 is 2.52 bits per heavy atom. The van der Waals surface area contributed by atoms with Crippen molar-refractivity contribution in [2.24, 2.45) is 5.41 Å². The topological polar surface area (TPSA) is 47.6 Å². The monoisotopic (exact) mass is 319 g/mol. The van der Waals surface area contributed by atoms with E-state index in [1.54, 1.807) is 7.11 Å². The highest BCUT2D eigenvalue weighted by atomic mass is 16.5. The zero-order chi connectivity index (χ0) is 16.7. The Kier molecular flexibility index (Phi) is 6.31. The maximum Gasteiger partial charge on any atom is 0.261 e. The molecule has 1 aliphatic heterocycles. The predicted molar refractivity (Wildman–Crippen MR) is 91.9 cm³/mol. The van der Waals surface area contributed by atoms with Crippen LogP contribution in [0.1, 0.15) is 52.4 Å². The molecule has 1 fully saturated rings. The normalized spacial score (nSPS) is 24.1. The molecule has 0 aliphatic carbocycles. The summed E-state index contributed by atoms with van der Waals surface area (Å²) < 4.78 is 11.1. The van der Waals surface area contributed by atoms with Crippen molar-refractivity contribution >= 4 is 5.91 Å². The van der Waals surface area contributed by atoms with Crippen molar-refractivity contribution in [3.8, 4) is 11.5 Å². The predicted octanol–water partition coefficient (Wildman–Crippen LogP) is 3.94. The molecule has 1 amide bonds. The van der Waals surface area contributed by atoms with E-state index in [-0.39, 0.29) is 11.3 Å². The number of nitrogens with one attached hydrogen (secondary N) is 1. The number of amides is 1. The number of hydrogen-bond donors (Lipinski definition) is 1. The van der Waals surface area contributed by atoms with Gasteiger partial charge in [-0.15, -0.1) is 0 Å². The lowest BCUT2D eigenvalue weighted by Crippen LogP contribution is -2.51. The van der Waals surface area contributed by atoms with Gasteiger partial charge < -0.3 is 14.8 Å². The van der Waals surface area contributed by atoms with Gasteiger partial charge in [0.05, 0.1) is 7.11 Å². The zero-order valence-corrected chi connectivity index (χ0v) is 14.6. The van der Waals surface area contributed by atoms with Crippen molar-refractivity contribution in [1.82, 2.24) is 5.32 Å². The first-order valence-corrected chi connectivity index (χ1v) is 8.65. The SMILES string of the molecule is CCCCCCC1(C)CNC(=O)C(Oc2ccc(OC)cc2)C1. The smallest absolute Gasteiger partial charge is 0.261 e. The van der Waals surface area contributed by atoms with E-state index in [9.17, 15) is 4.79 Å². The molecule has 1 aromatic carbocycles. The summed E-state index contributed by atoms with van der Waals surface area (Å²) >= 11 is 0. The molecule has 128 valence electrons. The highest BCUT2D eigenvalue weighted by molar-refractivity contribution is 5.82. The fourth-order valence-electron chi connectivity index (χ4n) is 3.11. The second-order valence-corrected chi connectivity index (χ2v) is 6.83. The number of rotatable bonds is 8. The minimum absolute atomic E-state index is 0.00755. The first-order chi connectivity index (χ1) is 11.1. The molecule has 1 aromatic rings. The van der Waals surface area contributed by atoms with Crippen molar-refractivity contribution in [2.75, 3.05) is 13.7 Å². The fraction of sp³-hybridized carbons (Fsp3) is 0.632. The van der Waals surface area contributed by atoms with Crippen LogP contribution in [0.2, 0.25) is 0 Å². The molecule has 2 atom stereocenters. The lowest BCUT2D eigenvalue weighted by atomic mass is 9.77. The first kappa shape index (κ1) is 17.6. The van der Waals surface area contributed by atoms with Gasteiger partial charge in [0.15, 0.2) is 6.10 Å². The van der Waals surface area contributed by atoms with Crippen molar-refractivity contribution in [2.45, 2.75) is 58.5 Å². The number of piperidine rings is 1. The standard InChI is InChI=1S/C19H29NO3/c1-4-5-6-7-12-19(2)13-17(18(21)20-14-19)23-16-10-8-15(22-3)9-11-16/h8-11,17H,4-7,12-14H2,1-3H3,(H,20,21).